The Morgan fingerprint density at radius 2 is 1.80 bits per heavy atom. The second kappa shape index (κ2) is 9.80. The van der Waals surface area contributed by atoms with E-state index in [0.29, 0.717) is 28.9 Å². The van der Waals surface area contributed by atoms with Crippen molar-refractivity contribution in [3.8, 4) is 11.8 Å². The summed E-state index contributed by atoms with van der Waals surface area (Å²) in [4.78, 5) is 0. The second-order valence-electron chi connectivity index (χ2n) is 7.11. The van der Waals surface area contributed by atoms with Crippen molar-refractivity contribution in [2.45, 2.75) is 36.9 Å². The quantitative estimate of drug-likeness (QED) is 0.420. The van der Waals surface area contributed by atoms with E-state index in [1.165, 1.54) is 0 Å². The highest BCUT2D eigenvalue weighted by Gasteiger charge is 2.44. The molecule has 8 heteroatoms. The number of aliphatic hydroxyl groups is 4. The Balaban J connectivity index is 1.85. The number of nitrogens with zero attached hydrogens (tertiary/aromatic N) is 1. The lowest BCUT2D eigenvalue weighted by Gasteiger charge is -2.40. The predicted octanol–water partition coefficient (Wildman–Crippen LogP) is 0.692. The number of ether oxygens (including phenoxy) is 2. The molecule has 8 nitrogen and oxygen atoms in total. The largest absolute Gasteiger partial charge is 0.488 e. The highest BCUT2D eigenvalue weighted by atomic mass is 16.5. The summed E-state index contributed by atoms with van der Waals surface area (Å²) < 4.78 is 11.0. The normalized spacial score (nSPS) is 26.0. The van der Waals surface area contributed by atoms with Crippen molar-refractivity contribution in [2.24, 2.45) is 0 Å². The van der Waals surface area contributed by atoms with Gasteiger partial charge in [0.2, 0.25) is 0 Å². The van der Waals surface area contributed by atoms with Crippen molar-refractivity contribution in [1.29, 1.82) is 10.7 Å². The molecule has 2 aromatic carbocycles. The molecule has 0 spiro atoms. The van der Waals surface area contributed by atoms with Gasteiger partial charge in [-0.2, -0.15) is 5.26 Å². The van der Waals surface area contributed by atoms with Crippen LogP contribution in [0.15, 0.2) is 42.5 Å². The lowest BCUT2D eigenvalue weighted by molar-refractivity contribution is -0.231. The Morgan fingerprint density at radius 3 is 2.43 bits per heavy atom. The van der Waals surface area contributed by atoms with E-state index in [1.54, 1.807) is 30.3 Å². The minimum absolute atomic E-state index is 0.194. The zero-order valence-corrected chi connectivity index (χ0v) is 16.2. The van der Waals surface area contributed by atoms with Crippen LogP contribution in [0.5, 0.6) is 5.75 Å². The van der Waals surface area contributed by atoms with Gasteiger partial charge in [0.25, 0.3) is 0 Å². The molecule has 158 valence electrons. The summed E-state index contributed by atoms with van der Waals surface area (Å²) in [5, 5.41) is 56.3. The van der Waals surface area contributed by atoms with E-state index in [1.807, 2.05) is 12.1 Å². The minimum atomic E-state index is -1.46. The van der Waals surface area contributed by atoms with Gasteiger partial charge in [0, 0.05) is 6.21 Å². The van der Waals surface area contributed by atoms with Crippen LogP contribution >= 0.6 is 0 Å². The number of nitriles is 1. The highest BCUT2D eigenvalue weighted by molar-refractivity contribution is 5.54. The predicted molar refractivity (Wildman–Crippen MR) is 107 cm³/mol. The summed E-state index contributed by atoms with van der Waals surface area (Å²) in [5.74, 6) is 0.637. The van der Waals surface area contributed by atoms with Crippen LogP contribution in [-0.4, -0.2) is 64.3 Å². The summed E-state index contributed by atoms with van der Waals surface area (Å²) >= 11 is 0. The lowest BCUT2D eigenvalue weighted by Crippen LogP contribution is -2.55. The van der Waals surface area contributed by atoms with Crippen molar-refractivity contribution >= 4 is 6.21 Å². The molecule has 5 unspecified atom stereocenters. The molecular formula is C22H24N2O6. The fraction of sp³-hybridized carbons (Fsp3) is 0.364. The molecule has 0 radical (unpaired) electrons. The molecule has 1 heterocycles. The van der Waals surface area contributed by atoms with Gasteiger partial charge < -0.3 is 35.3 Å². The van der Waals surface area contributed by atoms with Crippen molar-refractivity contribution in [2.75, 3.05) is 13.2 Å². The van der Waals surface area contributed by atoms with Crippen LogP contribution in [0.4, 0.5) is 0 Å². The van der Waals surface area contributed by atoms with Gasteiger partial charge in [-0.15, -0.1) is 0 Å². The molecule has 0 amide bonds. The summed E-state index contributed by atoms with van der Waals surface area (Å²) in [6.07, 6.45) is -4.61. The first-order chi connectivity index (χ1) is 14.5. The molecule has 5 atom stereocenters. The fourth-order valence-electron chi connectivity index (χ4n) is 3.48. The molecule has 5 N–H and O–H groups in total. The maximum absolute atomic E-state index is 10.4. The van der Waals surface area contributed by atoms with Gasteiger partial charge in [-0.3, -0.25) is 0 Å². The number of hydrogen-bond acceptors (Lipinski definition) is 8. The SMILES string of the molecule is N#Cc1ccc(C2OC(CO)C(O)C(O)C2O)cc1Cc1ccc(OCC=N)cc1. The third-order valence-corrected chi connectivity index (χ3v) is 5.12. The van der Waals surface area contributed by atoms with E-state index in [-0.39, 0.29) is 6.61 Å². The standard InChI is InChI=1S/C22H24N2O6/c23-7-8-29-17-5-1-13(2-6-17)9-16-10-14(3-4-15(16)11-24)22-21(28)20(27)19(26)18(12-25)30-22/h1-7,10,18-23,25-28H,8-9,12H2. The minimum Gasteiger partial charge on any atom is -0.488 e. The fourth-order valence-corrected chi connectivity index (χ4v) is 3.48. The molecule has 30 heavy (non-hydrogen) atoms. The van der Waals surface area contributed by atoms with Gasteiger partial charge in [0.05, 0.1) is 18.2 Å². The third kappa shape index (κ3) is 4.67. The van der Waals surface area contributed by atoms with Crippen molar-refractivity contribution in [3.05, 3.63) is 64.7 Å². The van der Waals surface area contributed by atoms with Crippen molar-refractivity contribution < 1.29 is 29.9 Å². The van der Waals surface area contributed by atoms with Crippen LogP contribution < -0.4 is 4.74 Å². The average molecular weight is 412 g/mol. The summed E-state index contributed by atoms with van der Waals surface area (Å²) in [6, 6.07) is 14.4. The van der Waals surface area contributed by atoms with Crippen LogP contribution in [0, 0.1) is 16.7 Å². The second-order valence-corrected chi connectivity index (χ2v) is 7.11. The maximum atomic E-state index is 10.4. The van der Waals surface area contributed by atoms with E-state index in [0.717, 1.165) is 11.8 Å². The molecule has 1 aliphatic rings. The molecule has 1 aliphatic heterocycles. The molecule has 2 aromatic rings. The van der Waals surface area contributed by atoms with E-state index >= 15 is 0 Å². The maximum Gasteiger partial charge on any atom is 0.123 e. The Morgan fingerprint density at radius 1 is 1.07 bits per heavy atom. The number of nitrogens with one attached hydrogen (secondary N) is 1. The lowest BCUT2D eigenvalue weighted by atomic mass is 9.89. The number of benzene rings is 2. The zero-order valence-electron chi connectivity index (χ0n) is 16.2. The van der Waals surface area contributed by atoms with Gasteiger partial charge in [0.15, 0.2) is 0 Å². The topological polar surface area (TPSA) is 147 Å². The smallest absolute Gasteiger partial charge is 0.123 e. The molecule has 0 saturated carbocycles. The van der Waals surface area contributed by atoms with Crippen LogP contribution in [-0.2, 0) is 11.2 Å². The van der Waals surface area contributed by atoms with Gasteiger partial charge in [0.1, 0.15) is 42.9 Å². The Hall–Kier alpha value is -2.80. The van der Waals surface area contributed by atoms with Gasteiger partial charge in [-0.1, -0.05) is 24.3 Å². The molecule has 0 aliphatic carbocycles. The van der Waals surface area contributed by atoms with Crippen LogP contribution in [0.3, 0.4) is 0 Å². The van der Waals surface area contributed by atoms with Crippen LogP contribution in [0.25, 0.3) is 0 Å². The van der Waals surface area contributed by atoms with Crippen molar-refractivity contribution in [3.63, 3.8) is 0 Å². The molecular weight excluding hydrogens is 388 g/mol. The van der Waals surface area contributed by atoms with Crippen LogP contribution in [0.1, 0.15) is 28.4 Å². The monoisotopic (exact) mass is 412 g/mol. The van der Waals surface area contributed by atoms with E-state index in [2.05, 4.69) is 6.07 Å². The first-order valence-corrected chi connectivity index (χ1v) is 9.52. The van der Waals surface area contributed by atoms with Gasteiger partial charge in [-0.05, 0) is 41.3 Å². The van der Waals surface area contributed by atoms with Crippen molar-refractivity contribution in [1.82, 2.24) is 0 Å². The Bertz CT molecular complexity index is 909. The number of aliphatic hydroxyl groups excluding tert-OH is 4. The van der Waals surface area contributed by atoms with E-state index < -0.39 is 37.1 Å². The molecule has 0 bridgehead atoms. The highest BCUT2D eigenvalue weighted by Crippen LogP contribution is 2.33. The van der Waals surface area contributed by atoms with Gasteiger partial charge >= 0.3 is 0 Å². The molecule has 0 aromatic heterocycles. The van der Waals surface area contributed by atoms with Gasteiger partial charge in [-0.25, -0.2) is 0 Å². The zero-order chi connectivity index (χ0) is 21.7. The summed E-state index contributed by atoms with van der Waals surface area (Å²) in [7, 11) is 0. The molecule has 1 fully saturated rings. The average Bonchev–Trinajstić information content (AvgIpc) is 2.77. The third-order valence-electron chi connectivity index (χ3n) is 5.12. The first-order valence-electron chi connectivity index (χ1n) is 9.52. The van der Waals surface area contributed by atoms with E-state index in [9.17, 15) is 25.7 Å². The van der Waals surface area contributed by atoms with E-state index in [4.69, 9.17) is 14.9 Å². The summed E-state index contributed by atoms with van der Waals surface area (Å²) in [6.45, 7) is -0.309. The molecule has 1 saturated heterocycles. The number of rotatable bonds is 7. The van der Waals surface area contributed by atoms with Crippen LogP contribution in [0.2, 0.25) is 0 Å². The first kappa shape index (κ1) is 21.9. The Kier molecular flexibility index (Phi) is 7.15. The summed E-state index contributed by atoms with van der Waals surface area (Å²) in [5.41, 5.74) is 2.64. The number of hydrogen-bond donors (Lipinski definition) is 5. The molecule has 3 rings (SSSR count). The Labute approximate surface area is 174 Å².